The molecule has 0 aliphatic rings. The minimum atomic E-state index is -3.73. The first-order valence-corrected chi connectivity index (χ1v) is 10.5. The second kappa shape index (κ2) is 8.08. The molecular weight excluding hydrogens is 348 g/mol. The number of sulfone groups is 1. The van der Waals surface area contributed by atoms with Crippen molar-refractivity contribution in [2.45, 2.75) is 63.8 Å². The van der Waals surface area contributed by atoms with Crippen LogP contribution in [-0.2, 0) is 21.2 Å². The molecule has 2 aromatic rings. The van der Waals surface area contributed by atoms with E-state index >= 15 is 0 Å². The summed E-state index contributed by atoms with van der Waals surface area (Å²) in [6, 6.07) is 8.36. The van der Waals surface area contributed by atoms with E-state index in [0.29, 0.717) is 24.3 Å². The maximum atomic E-state index is 13.3. The average Bonchev–Trinajstić information content (AvgIpc) is 2.80. The van der Waals surface area contributed by atoms with Crippen molar-refractivity contribution in [1.82, 2.24) is 4.57 Å². The lowest BCUT2D eigenvalue weighted by molar-refractivity contribution is -0.116. The number of carbonyl (C=O) groups is 1. The Morgan fingerprint density at radius 1 is 1.15 bits per heavy atom. The summed E-state index contributed by atoms with van der Waals surface area (Å²) in [5.74, 6) is 0.414. The third kappa shape index (κ3) is 4.01. The minimum absolute atomic E-state index is 0.167. The van der Waals surface area contributed by atoms with Crippen LogP contribution >= 0.6 is 0 Å². The van der Waals surface area contributed by atoms with Crippen molar-refractivity contribution in [2.75, 3.05) is 5.32 Å². The van der Waals surface area contributed by atoms with Crippen molar-refractivity contribution in [2.24, 2.45) is 5.92 Å². The van der Waals surface area contributed by atoms with Gasteiger partial charge in [-0.05, 0) is 43.9 Å². The molecule has 1 amide bonds. The molecule has 1 heterocycles. The van der Waals surface area contributed by atoms with Crippen molar-refractivity contribution >= 4 is 21.6 Å². The molecular formula is C20H28N2O3S. The van der Waals surface area contributed by atoms with Gasteiger partial charge in [-0.3, -0.25) is 4.79 Å². The molecule has 0 fully saturated rings. The SMILES string of the molecule is CCCn1c(C)c(C)c(S(=O)(=O)c2ccccc2)c1NC(=O)CC(C)C. The molecule has 5 nitrogen and oxygen atoms in total. The van der Waals surface area contributed by atoms with Crippen LogP contribution < -0.4 is 5.32 Å². The van der Waals surface area contributed by atoms with E-state index in [-0.39, 0.29) is 21.6 Å². The Labute approximate surface area is 156 Å². The Kier molecular flexibility index (Phi) is 6.29. The number of hydrogen-bond acceptors (Lipinski definition) is 3. The van der Waals surface area contributed by atoms with Gasteiger partial charge >= 0.3 is 0 Å². The number of benzene rings is 1. The highest BCUT2D eigenvalue weighted by atomic mass is 32.2. The molecule has 6 heteroatoms. The van der Waals surface area contributed by atoms with Crippen molar-refractivity contribution in [1.29, 1.82) is 0 Å². The molecule has 0 aliphatic heterocycles. The molecule has 0 aliphatic carbocycles. The lowest BCUT2D eigenvalue weighted by Crippen LogP contribution is -2.19. The van der Waals surface area contributed by atoms with E-state index < -0.39 is 9.84 Å². The molecule has 1 aromatic heterocycles. The van der Waals surface area contributed by atoms with E-state index in [1.54, 1.807) is 37.3 Å². The van der Waals surface area contributed by atoms with Crippen LogP contribution in [0.1, 0.15) is 44.9 Å². The summed E-state index contributed by atoms with van der Waals surface area (Å²) in [6.07, 6.45) is 1.19. The Morgan fingerprint density at radius 3 is 2.31 bits per heavy atom. The zero-order valence-corrected chi connectivity index (χ0v) is 17.0. The molecule has 2 rings (SSSR count). The molecule has 0 atom stereocenters. The highest BCUT2D eigenvalue weighted by Gasteiger charge is 2.30. The highest BCUT2D eigenvalue weighted by molar-refractivity contribution is 7.91. The van der Waals surface area contributed by atoms with Crippen LogP contribution in [0.5, 0.6) is 0 Å². The smallest absolute Gasteiger partial charge is 0.225 e. The first kappa shape index (κ1) is 20.2. The standard InChI is InChI=1S/C20H28N2O3S/c1-6-12-22-16(5)15(4)19(20(22)21-18(23)13-14(2)3)26(24,25)17-10-8-7-9-11-17/h7-11,14H,6,12-13H2,1-5H3,(H,21,23). The van der Waals surface area contributed by atoms with Crippen molar-refractivity contribution in [3.05, 3.63) is 41.6 Å². The van der Waals surface area contributed by atoms with Gasteiger partial charge in [-0.25, -0.2) is 8.42 Å². The van der Waals surface area contributed by atoms with E-state index in [1.807, 2.05) is 32.3 Å². The van der Waals surface area contributed by atoms with Gasteiger partial charge in [-0.1, -0.05) is 39.0 Å². The van der Waals surface area contributed by atoms with Crippen LogP contribution in [0.15, 0.2) is 40.1 Å². The zero-order chi connectivity index (χ0) is 19.5. The fraction of sp³-hybridized carbons (Fsp3) is 0.450. The maximum Gasteiger partial charge on any atom is 0.225 e. The zero-order valence-electron chi connectivity index (χ0n) is 16.2. The topological polar surface area (TPSA) is 68.2 Å². The Bertz CT molecular complexity index is 882. The predicted octanol–water partition coefficient (Wildman–Crippen LogP) is 4.33. The summed E-state index contributed by atoms with van der Waals surface area (Å²) in [5, 5.41) is 2.88. The van der Waals surface area contributed by atoms with Gasteiger partial charge in [0.15, 0.2) is 0 Å². The molecule has 0 saturated heterocycles. The lowest BCUT2D eigenvalue weighted by Gasteiger charge is -2.14. The molecule has 1 aromatic carbocycles. The van der Waals surface area contributed by atoms with Gasteiger partial charge in [0.05, 0.1) is 4.90 Å². The predicted molar refractivity (Wildman–Crippen MR) is 104 cm³/mol. The minimum Gasteiger partial charge on any atom is -0.331 e. The normalized spacial score (nSPS) is 11.8. The number of nitrogens with one attached hydrogen (secondary N) is 1. The quantitative estimate of drug-likeness (QED) is 0.782. The number of hydrogen-bond donors (Lipinski definition) is 1. The van der Waals surface area contributed by atoms with E-state index in [4.69, 9.17) is 0 Å². The summed E-state index contributed by atoms with van der Waals surface area (Å²) >= 11 is 0. The largest absolute Gasteiger partial charge is 0.331 e. The van der Waals surface area contributed by atoms with Crippen LogP contribution in [-0.4, -0.2) is 18.9 Å². The number of rotatable bonds is 7. The molecule has 0 saturated carbocycles. The highest BCUT2D eigenvalue weighted by Crippen LogP contribution is 2.35. The Balaban J connectivity index is 2.65. The van der Waals surface area contributed by atoms with Gasteiger partial charge in [0.2, 0.25) is 15.7 Å². The fourth-order valence-corrected chi connectivity index (χ4v) is 4.78. The van der Waals surface area contributed by atoms with Crippen molar-refractivity contribution in [3.63, 3.8) is 0 Å². The lowest BCUT2D eigenvalue weighted by atomic mass is 10.1. The van der Waals surface area contributed by atoms with Crippen LogP contribution in [0, 0.1) is 19.8 Å². The molecule has 26 heavy (non-hydrogen) atoms. The first-order chi connectivity index (χ1) is 12.2. The summed E-state index contributed by atoms with van der Waals surface area (Å²) in [5.41, 5.74) is 1.54. The van der Waals surface area contributed by atoms with Crippen molar-refractivity contribution in [3.8, 4) is 0 Å². The van der Waals surface area contributed by atoms with Crippen molar-refractivity contribution < 1.29 is 13.2 Å². The average molecular weight is 377 g/mol. The van der Waals surface area contributed by atoms with Gasteiger partial charge in [-0.2, -0.15) is 0 Å². The van der Waals surface area contributed by atoms with E-state index in [0.717, 1.165) is 12.1 Å². The van der Waals surface area contributed by atoms with E-state index in [1.165, 1.54) is 0 Å². The molecule has 142 valence electrons. The monoisotopic (exact) mass is 376 g/mol. The summed E-state index contributed by atoms with van der Waals surface area (Å²) in [4.78, 5) is 12.8. The third-order valence-electron chi connectivity index (χ3n) is 4.39. The Morgan fingerprint density at radius 2 is 1.77 bits per heavy atom. The number of nitrogens with zero attached hydrogens (tertiary/aromatic N) is 1. The number of anilines is 1. The number of carbonyl (C=O) groups excluding carboxylic acids is 1. The molecule has 0 bridgehead atoms. The number of aromatic nitrogens is 1. The second-order valence-corrected chi connectivity index (χ2v) is 8.89. The summed E-state index contributed by atoms with van der Waals surface area (Å²) in [6.45, 7) is 10.3. The molecule has 0 spiro atoms. The van der Waals surface area contributed by atoms with Crippen LogP contribution in [0.3, 0.4) is 0 Å². The number of amides is 1. The van der Waals surface area contributed by atoms with Gasteiger partial charge in [0.1, 0.15) is 10.7 Å². The van der Waals surface area contributed by atoms with Gasteiger partial charge in [-0.15, -0.1) is 0 Å². The summed E-state index contributed by atoms with van der Waals surface area (Å²) < 4.78 is 28.5. The Hall–Kier alpha value is -2.08. The van der Waals surface area contributed by atoms with Gasteiger partial charge < -0.3 is 9.88 Å². The van der Waals surface area contributed by atoms with Crippen LogP contribution in [0.4, 0.5) is 5.82 Å². The van der Waals surface area contributed by atoms with E-state index in [2.05, 4.69) is 5.32 Å². The van der Waals surface area contributed by atoms with Crippen LogP contribution in [0.25, 0.3) is 0 Å². The maximum absolute atomic E-state index is 13.3. The molecule has 0 radical (unpaired) electrons. The third-order valence-corrected chi connectivity index (χ3v) is 6.32. The molecule has 0 unspecified atom stereocenters. The fourth-order valence-electron chi connectivity index (χ4n) is 3.06. The van der Waals surface area contributed by atoms with Gasteiger partial charge in [0.25, 0.3) is 0 Å². The first-order valence-electron chi connectivity index (χ1n) is 8.99. The summed E-state index contributed by atoms with van der Waals surface area (Å²) in [7, 11) is -3.73. The van der Waals surface area contributed by atoms with E-state index in [9.17, 15) is 13.2 Å². The second-order valence-electron chi connectivity index (χ2n) is 7.00. The van der Waals surface area contributed by atoms with Gasteiger partial charge in [0, 0.05) is 18.7 Å². The molecule has 1 N–H and O–H groups in total. The van der Waals surface area contributed by atoms with Crippen LogP contribution in [0.2, 0.25) is 0 Å².